The van der Waals surface area contributed by atoms with Gasteiger partial charge in [-0.3, -0.25) is 14.4 Å². The molecule has 1 fully saturated rings. The van der Waals surface area contributed by atoms with Crippen LogP contribution >= 0.6 is 0 Å². The van der Waals surface area contributed by atoms with E-state index in [4.69, 9.17) is 10.5 Å². The number of primary amides is 1. The third-order valence-electron chi connectivity index (χ3n) is 5.70. The number of nitrogens with one attached hydrogen (secondary N) is 2. The van der Waals surface area contributed by atoms with Crippen molar-refractivity contribution in [2.45, 2.75) is 89.9 Å². The first-order valence-corrected chi connectivity index (χ1v) is 12.1. The first-order valence-electron chi connectivity index (χ1n) is 12.1. The molecule has 0 spiro atoms. The predicted molar refractivity (Wildman–Crippen MR) is 130 cm³/mol. The standard InChI is InChI=1S/C25H38N4O6/c1-5-6-14-27-22(32)21(17-12-7-8-13-19(17)30)29(16-10-9-11-16)23(33)18(15-20(26)31)28-24(34)35-25(2,3)4/h7-8,12-13,16,18,21,30H,5-6,9-11,14-15H2,1-4H3,(H2,26,31)(H,27,32)(H,28,34). The van der Waals surface area contributed by atoms with Crippen molar-refractivity contribution in [1.29, 1.82) is 0 Å². The van der Waals surface area contributed by atoms with E-state index in [2.05, 4.69) is 10.6 Å². The zero-order valence-corrected chi connectivity index (χ0v) is 21.0. The van der Waals surface area contributed by atoms with Crippen LogP contribution in [0.2, 0.25) is 0 Å². The van der Waals surface area contributed by atoms with Crippen molar-refractivity contribution in [3.8, 4) is 5.75 Å². The minimum Gasteiger partial charge on any atom is -0.508 e. The second-order valence-electron chi connectivity index (χ2n) is 9.81. The Bertz CT molecular complexity index is 909. The number of hydrogen-bond acceptors (Lipinski definition) is 6. The predicted octanol–water partition coefficient (Wildman–Crippen LogP) is 2.50. The molecule has 4 amide bonds. The third-order valence-corrected chi connectivity index (χ3v) is 5.70. The molecule has 1 aliphatic carbocycles. The summed E-state index contributed by atoms with van der Waals surface area (Å²) in [6, 6.07) is 3.54. The summed E-state index contributed by atoms with van der Waals surface area (Å²) in [5, 5.41) is 15.9. The van der Waals surface area contributed by atoms with E-state index in [0.717, 1.165) is 19.3 Å². The Morgan fingerprint density at radius 3 is 2.37 bits per heavy atom. The van der Waals surface area contributed by atoms with Gasteiger partial charge < -0.3 is 31.1 Å². The van der Waals surface area contributed by atoms with Crippen LogP contribution in [0, 0.1) is 0 Å². The van der Waals surface area contributed by atoms with E-state index in [9.17, 15) is 24.3 Å². The van der Waals surface area contributed by atoms with E-state index in [1.54, 1.807) is 39.0 Å². The van der Waals surface area contributed by atoms with E-state index in [1.165, 1.54) is 11.0 Å². The normalized spacial score (nSPS) is 15.3. The van der Waals surface area contributed by atoms with Crippen LogP contribution in [0.1, 0.15) is 77.8 Å². The summed E-state index contributed by atoms with van der Waals surface area (Å²) in [7, 11) is 0. The van der Waals surface area contributed by atoms with Crippen molar-refractivity contribution >= 4 is 23.8 Å². The monoisotopic (exact) mass is 490 g/mol. The highest BCUT2D eigenvalue weighted by Gasteiger charge is 2.43. The number of phenols is 1. The van der Waals surface area contributed by atoms with Crippen LogP contribution in [-0.4, -0.2) is 58.1 Å². The molecule has 1 aliphatic rings. The molecule has 1 aromatic carbocycles. The molecule has 2 unspecified atom stereocenters. The molecule has 2 atom stereocenters. The molecule has 0 saturated heterocycles. The van der Waals surface area contributed by atoms with Crippen molar-refractivity contribution in [1.82, 2.24) is 15.5 Å². The molecule has 5 N–H and O–H groups in total. The van der Waals surface area contributed by atoms with Crippen LogP contribution in [0.15, 0.2) is 24.3 Å². The number of para-hydroxylation sites is 1. The molecular weight excluding hydrogens is 452 g/mol. The van der Waals surface area contributed by atoms with Gasteiger partial charge in [-0.15, -0.1) is 0 Å². The van der Waals surface area contributed by atoms with Gasteiger partial charge in [0, 0.05) is 18.2 Å². The summed E-state index contributed by atoms with van der Waals surface area (Å²) in [6.07, 6.45) is 2.43. The topological polar surface area (TPSA) is 151 Å². The van der Waals surface area contributed by atoms with Gasteiger partial charge in [0.05, 0.1) is 6.42 Å². The number of amides is 4. The van der Waals surface area contributed by atoms with Crippen LogP contribution in [0.25, 0.3) is 0 Å². The van der Waals surface area contributed by atoms with Crippen molar-refractivity contribution in [3.63, 3.8) is 0 Å². The molecule has 0 aromatic heterocycles. The maximum atomic E-state index is 13.9. The number of carbonyl (C=O) groups excluding carboxylic acids is 4. The number of phenolic OH excluding ortho intramolecular Hbond substituents is 1. The van der Waals surface area contributed by atoms with Gasteiger partial charge in [0.2, 0.25) is 17.7 Å². The minimum absolute atomic E-state index is 0.133. The highest BCUT2D eigenvalue weighted by atomic mass is 16.6. The number of nitrogens with zero attached hydrogens (tertiary/aromatic N) is 1. The molecular formula is C25H38N4O6. The van der Waals surface area contributed by atoms with Crippen molar-refractivity contribution in [2.24, 2.45) is 5.73 Å². The lowest BCUT2D eigenvalue weighted by Crippen LogP contribution is -2.58. The molecule has 0 radical (unpaired) electrons. The summed E-state index contributed by atoms with van der Waals surface area (Å²) in [5.41, 5.74) is 4.83. The summed E-state index contributed by atoms with van der Waals surface area (Å²) < 4.78 is 5.27. The number of aromatic hydroxyl groups is 1. The minimum atomic E-state index is -1.33. The lowest BCUT2D eigenvalue weighted by Gasteiger charge is -2.43. The maximum absolute atomic E-state index is 13.9. The number of benzene rings is 1. The Morgan fingerprint density at radius 1 is 1.20 bits per heavy atom. The second kappa shape index (κ2) is 12.4. The molecule has 0 heterocycles. The second-order valence-corrected chi connectivity index (χ2v) is 9.81. The van der Waals surface area contributed by atoms with Gasteiger partial charge in [-0.1, -0.05) is 31.5 Å². The van der Waals surface area contributed by atoms with Gasteiger partial charge in [0.15, 0.2) is 0 Å². The maximum Gasteiger partial charge on any atom is 0.408 e. The van der Waals surface area contributed by atoms with Crippen LogP contribution < -0.4 is 16.4 Å². The van der Waals surface area contributed by atoms with Crippen LogP contribution in [0.3, 0.4) is 0 Å². The van der Waals surface area contributed by atoms with Gasteiger partial charge in [0.25, 0.3) is 0 Å². The molecule has 10 heteroatoms. The number of alkyl carbamates (subject to hydrolysis) is 1. The highest BCUT2D eigenvalue weighted by Crippen LogP contribution is 2.36. The number of unbranched alkanes of at least 4 members (excludes halogenated alkanes) is 1. The summed E-state index contributed by atoms with van der Waals surface area (Å²) in [6.45, 7) is 7.42. The average molecular weight is 491 g/mol. The Morgan fingerprint density at radius 2 is 1.86 bits per heavy atom. The zero-order chi connectivity index (χ0) is 26.2. The average Bonchev–Trinajstić information content (AvgIpc) is 2.70. The number of ether oxygens (including phenoxy) is 1. The van der Waals surface area contributed by atoms with Gasteiger partial charge in [-0.05, 0) is 52.5 Å². The lowest BCUT2D eigenvalue weighted by atomic mass is 9.87. The van der Waals surface area contributed by atoms with Crippen molar-refractivity contribution in [2.75, 3.05) is 6.54 Å². The van der Waals surface area contributed by atoms with Crippen molar-refractivity contribution < 1.29 is 29.0 Å². The lowest BCUT2D eigenvalue weighted by molar-refractivity contribution is -0.148. The van der Waals surface area contributed by atoms with Gasteiger partial charge in [0.1, 0.15) is 23.4 Å². The largest absolute Gasteiger partial charge is 0.508 e. The first-order chi connectivity index (χ1) is 16.4. The molecule has 1 saturated carbocycles. The van der Waals surface area contributed by atoms with Gasteiger partial charge in [-0.25, -0.2) is 4.79 Å². The van der Waals surface area contributed by atoms with E-state index >= 15 is 0 Å². The Hall–Kier alpha value is -3.30. The van der Waals surface area contributed by atoms with Crippen LogP contribution in [0.5, 0.6) is 5.75 Å². The van der Waals surface area contributed by atoms with Crippen LogP contribution in [0.4, 0.5) is 4.79 Å². The molecule has 0 bridgehead atoms. The number of rotatable bonds is 11. The SMILES string of the molecule is CCCCNC(=O)C(c1ccccc1O)N(C(=O)C(CC(N)=O)NC(=O)OC(C)(C)C)C1CCC1. The summed E-state index contributed by atoms with van der Waals surface area (Å²) in [5.74, 6) is -2.01. The molecule has 10 nitrogen and oxygen atoms in total. The molecule has 1 aromatic rings. The van der Waals surface area contributed by atoms with E-state index < -0.39 is 47.9 Å². The summed E-state index contributed by atoms with van der Waals surface area (Å²) in [4.78, 5) is 52.9. The fourth-order valence-electron chi connectivity index (χ4n) is 3.84. The molecule has 2 rings (SSSR count). The zero-order valence-electron chi connectivity index (χ0n) is 21.0. The third kappa shape index (κ3) is 8.15. The number of hydrogen-bond donors (Lipinski definition) is 4. The quantitative estimate of drug-likeness (QED) is 0.350. The van der Waals surface area contributed by atoms with Gasteiger partial charge in [-0.2, -0.15) is 0 Å². The van der Waals surface area contributed by atoms with E-state index in [0.29, 0.717) is 19.4 Å². The molecule has 0 aliphatic heterocycles. The number of carbonyl (C=O) groups is 4. The van der Waals surface area contributed by atoms with E-state index in [1.807, 2.05) is 6.92 Å². The molecule has 35 heavy (non-hydrogen) atoms. The Balaban J connectivity index is 2.46. The smallest absolute Gasteiger partial charge is 0.408 e. The molecule has 194 valence electrons. The van der Waals surface area contributed by atoms with E-state index in [-0.39, 0.29) is 17.4 Å². The Kier molecular flexibility index (Phi) is 9.91. The highest BCUT2D eigenvalue weighted by molar-refractivity contribution is 5.95. The van der Waals surface area contributed by atoms with Gasteiger partial charge >= 0.3 is 6.09 Å². The van der Waals surface area contributed by atoms with Crippen molar-refractivity contribution in [3.05, 3.63) is 29.8 Å². The fourth-order valence-corrected chi connectivity index (χ4v) is 3.84. The first kappa shape index (κ1) is 27.9. The fraction of sp³-hybridized carbons (Fsp3) is 0.600. The number of nitrogens with two attached hydrogens (primary N) is 1. The summed E-state index contributed by atoms with van der Waals surface area (Å²) >= 11 is 0. The van der Waals surface area contributed by atoms with Crippen LogP contribution in [-0.2, 0) is 19.1 Å². The Labute approximate surface area is 206 Å².